The summed E-state index contributed by atoms with van der Waals surface area (Å²) in [6.45, 7) is 2.19. The molecule has 1 N–H and O–H groups in total. The molecule has 0 radical (unpaired) electrons. The van der Waals surface area contributed by atoms with E-state index in [9.17, 15) is 4.39 Å². The fourth-order valence-corrected chi connectivity index (χ4v) is 2.38. The van der Waals surface area contributed by atoms with Crippen LogP contribution in [-0.2, 0) is 6.42 Å². The molecular formula is C13H19BrFN. The van der Waals surface area contributed by atoms with Crippen molar-refractivity contribution in [3.8, 4) is 0 Å². The number of aryl methyl sites for hydroxylation is 1. The van der Waals surface area contributed by atoms with Gasteiger partial charge in [0.1, 0.15) is 5.82 Å². The second-order valence-electron chi connectivity index (χ2n) is 4.05. The van der Waals surface area contributed by atoms with Gasteiger partial charge in [-0.25, -0.2) is 4.39 Å². The Kier molecular flexibility index (Phi) is 5.99. The van der Waals surface area contributed by atoms with Crippen LogP contribution < -0.4 is 5.32 Å². The Hall–Kier alpha value is -0.410. The monoisotopic (exact) mass is 287 g/mol. The van der Waals surface area contributed by atoms with Crippen molar-refractivity contribution in [1.29, 1.82) is 0 Å². The predicted octanol–water partition coefficient (Wildman–Crippen LogP) is 3.91. The second-order valence-corrected chi connectivity index (χ2v) is 4.90. The third kappa shape index (κ3) is 4.22. The molecule has 90 valence electrons. The first kappa shape index (κ1) is 13.7. The van der Waals surface area contributed by atoms with E-state index in [-0.39, 0.29) is 5.82 Å². The fraction of sp³-hybridized carbons (Fsp3) is 0.538. The number of hydrogen-bond donors (Lipinski definition) is 1. The number of benzene rings is 1. The molecule has 0 aromatic heterocycles. The summed E-state index contributed by atoms with van der Waals surface area (Å²) in [5, 5.41) is 3.31. The molecule has 0 aliphatic carbocycles. The summed E-state index contributed by atoms with van der Waals surface area (Å²) in [4.78, 5) is 0. The topological polar surface area (TPSA) is 12.0 Å². The first-order chi connectivity index (χ1) is 7.67. The Bertz CT molecular complexity index is 328. The van der Waals surface area contributed by atoms with Crippen LogP contribution in [0.3, 0.4) is 0 Å². The molecule has 1 unspecified atom stereocenters. The van der Waals surface area contributed by atoms with Crippen LogP contribution >= 0.6 is 15.9 Å². The quantitative estimate of drug-likeness (QED) is 0.837. The Morgan fingerprint density at radius 1 is 1.38 bits per heavy atom. The van der Waals surface area contributed by atoms with E-state index in [1.54, 1.807) is 0 Å². The molecule has 0 heterocycles. The van der Waals surface area contributed by atoms with Gasteiger partial charge >= 0.3 is 0 Å². The van der Waals surface area contributed by atoms with E-state index in [4.69, 9.17) is 0 Å². The molecule has 1 aromatic carbocycles. The number of halogens is 2. The van der Waals surface area contributed by atoms with Crippen molar-refractivity contribution in [3.63, 3.8) is 0 Å². The van der Waals surface area contributed by atoms with E-state index >= 15 is 0 Å². The molecule has 3 heteroatoms. The minimum absolute atomic E-state index is 0.186. The summed E-state index contributed by atoms with van der Waals surface area (Å²) in [6, 6.07) is 5.47. The standard InChI is InChI=1S/C13H19BrFN/c1-3-4-12(16-2)8-6-10-5-7-11(15)9-13(10)14/h5,7,9,12,16H,3-4,6,8H2,1-2H3. The van der Waals surface area contributed by atoms with Crippen LogP contribution in [0.15, 0.2) is 22.7 Å². The Balaban J connectivity index is 2.53. The Labute approximate surface area is 106 Å². The van der Waals surface area contributed by atoms with Crippen LogP contribution in [0.5, 0.6) is 0 Å². The van der Waals surface area contributed by atoms with E-state index in [1.807, 2.05) is 13.1 Å². The average Bonchev–Trinajstić information content (AvgIpc) is 2.26. The van der Waals surface area contributed by atoms with Gasteiger partial charge in [0.15, 0.2) is 0 Å². The molecular weight excluding hydrogens is 269 g/mol. The molecule has 0 bridgehead atoms. The van der Waals surface area contributed by atoms with Crippen molar-refractivity contribution < 1.29 is 4.39 Å². The SMILES string of the molecule is CCCC(CCc1ccc(F)cc1Br)NC. The van der Waals surface area contributed by atoms with Gasteiger partial charge in [-0.15, -0.1) is 0 Å². The minimum Gasteiger partial charge on any atom is -0.317 e. The molecule has 0 saturated carbocycles. The van der Waals surface area contributed by atoms with Crippen molar-refractivity contribution in [2.45, 2.75) is 38.6 Å². The highest BCUT2D eigenvalue weighted by Crippen LogP contribution is 2.20. The van der Waals surface area contributed by atoms with Gasteiger partial charge in [-0.3, -0.25) is 0 Å². The Morgan fingerprint density at radius 3 is 2.69 bits per heavy atom. The third-order valence-electron chi connectivity index (χ3n) is 2.82. The van der Waals surface area contributed by atoms with Crippen LogP contribution in [0.1, 0.15) is 31.7 Å². The van der Waals surface area contributed by atoms with Crippen LogP contribution in [-0.4, -0.2) is 13.1 Å². The van der Waals surface area contributed by atoms with Crippen LogP contribution in [0.2, 0.25) is 0 Å². The number of hydrogen-bond acceptors (Lipinski definition) is 1. The molecule has 0 fully saturated rings. The van der Waals surface area contributed by atoms with Gasteiger partial charge in [0.2, 0.25) is 0 Å². The summed E-state index contributed by atoms with van der Waals surface area (Å²) in [6.07, 6.45) is 4.45. The van der Waals surface area contributed by atoms with Crippen LogP contribution in [0, 0.1) is 5.82 Å². The highest BCUT2D eigenvalue weighted by molar-refractivity contribution is 9.10. The summed E-state index contributed by atoms with van der Waals surface area (Å²) in [7, 11) is 2.00. The first-order valence-corrected chi connectivity index (χ1v) is 6.57. The molecule has 1 atom stereocenters. The number of rotatable bonds is 6. The smallest absolute Gasteiger partial charge is 0.124 e. The van der Waals surface area contributed by atoms with E-state index < -0.39 is 0 Å². The predicted molar refractivity (Wildman–Crippen MR) is 70.2 cm³/mol. The molecule has 1 rings (SSSR count). The average molecular weight is 288 g/mol. The molecule has 0 saturated heterocycles. The Morgan fingerprint density at radius 2 is 2.12 bits per heavy atom. The molecule has 0 spiro atoms. The lowest BCUT2D eigenvalue weighted by Crippen LogP contribution is -2.25. The largest absolute Gasteiger partial charge is 0.317 e. The zero-order valence-electron chi connectivity index (χ0n) is 9.89. The second kappa shape index (κ2) is 7.02. The maximum Gasteiger partial charge on any atom is 0.124 e. The lowest BCUT2D eigenvalue weighted by Gasteiger charge is -2.15. The third-order valence-corrected chi connectivity index (χ3v) is 3.56. The van der Waals surface area contributed by atoms with Crippen molar-refractivity contribution in [3.05, 3.63) is 34.1 Å². The van der Waals surface area contributed by atoms with Crippen molar-refractivity contribution >= 4 is 15.9 Å². The van der Waals surface area contributed by atoms with E-state index in [2.05, 4.69) is 28.2 Å². The van der Waals surface area contributed by atoms with Gasteiger partial charge < -0.3 is 5.32 Å². The molecule has 1 aromatic rings. The minimum atomic E-state index is -0.186. The van der Waals surface area contributed by atoms with Gasteiger partial charge in [-0.05, 0) is 44.0 Å². The maximum atomic E-state index is 12.9. The van der Waals surface area contributed by atoms with E-state index in [1.165, 1.54) is 30.5 Å². The van der Waals surface area contributed by atoms with Crippen molar-refractivity contribution in [2.24, 2.45) is 0 Å². The van der Waals surface area contributed by atoms with Crippen molar-refractivity contribution in [2.75, 3.05) is 7.05 Å². The van der Waals surface area contributed by atoms with Gasteiger partial charge in [-0.2, -0.15) is 0 Å². The lowest BCUT2D eigenvalue weighted by atomic mass is 10.0. The maximum absolute atomic E-state index is 12.9. The normalized spacial score (nSPS) is 12.8. The summed E-state index contributed by atoms with van der Waals surface area (Å²) < 4.78 is 13.8. The fourth-order valence-electron chi connectivity index (χ4n) is 1.84. The van der Waals surface area contributed by atoms with Gasteiger partial charge in [0.25, 0.3) is 0 Å². The van der Waals surface area contributed by atoms with E-state index in [0.717, 1.165) is 17.3 Å². The number of nitrogens with one attached hydrogen (secondary N) is 1. The van der Waals surface area contributed by atoms with Gasteiger partial charge in [0, 0.05) is 10.5 Å². The highest BCUT2D eigenvalue weighted by Gasteiger charge is 2.07. The summed E-state index contributed by atoms with van der Waals surface area (Å²) in [5.41, 5.74) is 1.18. The van der Waals surface area contributed by atoms with E-state index in [0.29, 0.717) is 6.04 Å². The van der Waals surface area contributed by atoms with Gasteiger partial charge in [-0.1, -0.05) is 35.3 Å². The first-order valence-electron chi connectivity index (χ1n) is 5.78. The lowest BCUT2D eigenvalue weighted by molar-refractivity contribution is 0.483. The van der Waals surface area contributed by atoms with Crippen LogP contribution in [0.4, 0.5) is 4.39 Å². The molecule has 16 heavy (non-hydrogen) atoms. The highest BCUT2D eigenvalue weighted by atomic mass is 79.9. The zero-order chi connectivity index (χ0) is 12.0. The molecule has 1 nitrogen and oxygen atoms in total. The zero-order valence-corrected chi connectivity index (χ0v) is 11.5. The summed E-state index contributed by atoms with van der Waals surface area (Å²) >= 11 is 3.40. The van der Waals surface area contributed by atoms with Crippen LogP contribution in [0.25, 0.3) is 0 Å². The van der Waals surface area contributed by atoms with Crippen molar-refractivity contribution in [1.82, 2.24) is 5.32 Å². The molecule has 0 aliphatic heterocycles. The van der Waals surface area contributed by atoms with Gasteiger partial charge in [0.05, 0.1) is 0 Å². The molecule has 0 aliphatic rings. The summed E-state index contributed by atoms with van der Waals surface area (Å²) in [5.74, 6) is -0.186. The molecule has 0 amide bonds.